The fraction of sp³-hybridized carbons (Fsp3) is 0.956. The van der Waals surface area contributed by atoms with Crippen LogP contribution in [-0.2, 0) is 38.0 Å². The maximum absolute atomic E-state index is 12.7. The largest absolute Gasteiger partial charge is 0.463 e. The van der Waals surface area contributed by atoms with Crippen LogP contribution in [0.1, 0.15) is 181 Å². The van der Waals surface area contributed by atoms with Gasteiger partial charge in [-0.3, -0.25) is 9.59 Å². The first-order valence-electron chi connectivity index (χ1n) is 23.6. The van der Waals surface area contributed by atoms with Gasteiger partial charge in [0.1, 0.15) is 68.1 Å². The normalized spacial score (nSPS) is 27.0. The van der Waals surface area contributed by atoms with Gasteiger partial charge in [-0.15, -0.1) is 0 Å². The summed E-state index contributed by atoms with van der Waals surface area (Å²) >= 11 is 0. The number of hydrogen-bond donors (Lipinski definition) is 7. The van der Waals surface area contributed by atoms with E-state index in [-0.39, 0.29) is 26.1 Å². The number of hydrogen-bond acceptors (Lipinski definition) is 15. The van der Waals surface area contributed by atoms with Crippen LogP contribution in [0.3, 0.4) is 0 Å². The van der Waals surface area contributed by atoms with Crippen molar-refractivity contribution in [2.24, 2.45) is 0 Å². The molecule has 0 aromatic heterocycles. The molecule has 60 heavy (non-hydrogen) atoms. The van der Waals surface area contributed by atoms with Crippen LogP contribution in [-0.4, -0.2) is 142 Å². The maximum atomic E-state index is 12.7. The zero-order chi connectivity index (χ0) is 44.0. The van der Waals surface area contributed by atoms with Gasteiger partial charge in [0.2, 0.25) is 0 Å². The van der Waals surface area contributed by atoms with Gasteiger partial charge in [0, 0.05) is 12.8 Å². The number of carbonyl (C=O) groups is 2. The van der Waals surface area contributed by atoms with Gasteiger partial charge >= 0.3 is 11.9 Å². The second kappa shape index (κ2) is 34.0. The number of carbonyl (C=O) groups excluding carboxylic acids is 2. The first-order chi connectivity index (χ1) is 29.1. The topological polar surface area (TPSA) is 231 Å². The van der Waals surface area contributed by atoms with E-state index >= 15 is 0 Å². The molecule has 2 fully saturated rings. The van der Waals surface area contributed by atoms with Crippen molar-refractivity contribution in [2.45, 2.75) is 248 Å². The molecule has 0 saturated carbocycles. The summed E-state index contributed by atoms with van der Waals surface area (Å²) in [5.41, 5.74) is 0. The average molecular weight is 865 g/mol. The highest BCUT2D eigenvalue weighted by Gasteiger charge is 2.51. The summed E-state index contributed by atoms with van der Waals surface area (Å²) in [4.78, 5) is 25.4. The molecule has 354 valence electrons. The number of aliphatic hydroxyl groups is 7. The quantitative estimate of drug-likeness (QED) is 0.0315. The fourth-order valence-electron chi connectivity index (χ4n) is 7.72. The zero-order valence-corrected chi connectivity index (χ0v) is 37.0. The van der Waals surface area contributed by atoms with Crippen LogP contribution in [0.4, 0.5) is 0 Å². The molecule has 0 bridgehead atoms. The second-order valence-electron chi connectivity index (χ2n) is 16.9. The summed E-state index contributed by atoms with van der Waals surface area (Å²) in [5, 5.41) is 72.5. The molecule has 2 saturated heterocycles. The predicted octanol–water partition coefficient (Wildman–Crippen LogP) is 5.26. The van der Waals surface area contributed by atoms with E-state index in [2.05, 4.69) is 13.8 Å². The Morgan fingerprint density at radius 3 is 1.23 bits per heavy atom. The highest BCUT2D eigenvalue weighted by molar-refractivity contribution is 5.69. The third-order valence-corrected chi connectivity index (χ3v) is 11.6. The van der Waals surface area contributed by atoms with Gasteiger partial charge in [0.05, 0.1) is 13.2 Å². The van der Waals surface area contributed by atoms with Crippen molar-refractivity contribution in [3.05, 3.63) is 0 Å². The van der Waals surface area contributed by atoms with Crippen LogP contribution in [0.5, 0.6) is 0 Å². The Hall–Kier alpha value is -1.50. The van der Waals surface area contributed by atoms with E-state index in [1.54, 1.807) is 0 Å². The smallest absolute Gasteiger partial charge is 0.305 e. The van der Waals surface area contributed by atoms with Crippen LogP contribution in [0.2, 0.25) is 0 Å². The van der Waals surface area contributed by atoms with E-state index < -0.39 is 92.7 Å². The Morgan fingerprint density at radius 1 is 0.467 bits per heavy atom. The molecule has 15 heteroatoms. The number of esters is 2. The minimum atomic E-state index is -1.81. The number of ether oxygens (including phenoxy) is 6. The number of rotatable bonds is 36. The third kappa shape index (κ3) is 22.2. The van der Waals surface area contributed by atoms with Crippen LogP contribution in [0, 0.1) is 0 Å². The van der Waals surface area contributed by atoms with E-state index in [0.29, 0.717) is 12.8 Å². The zero-order valence-electron chi connectivity index (χ0n) is 37.0. The molecule has 10 atom stereocenters. The Balaban J connectivity index is 1.87. The lowest BCUT2D eigenvalue weighted by Gasteiger charge is -2.46. The molecule has 2 heterocycles. The first-order valence-corrected chi connectivity index (χ1v) is 23.6. The minimum absolute atomic E-state index is 0.202. The molecule has 0 spiro atoms. The molecular weight excluding hydrogens is 780 g/mol. The van der Waals surface area contributed by atoms with Crippen LogP contribution < -0.4 is 0 Å². The molecule has 10 unspecified atom stereocenters. The molecule has 2 aliphatic heterocycles. The summed E-state index contributed by atoms with van der Waals surface area (Å²) in [7, 11) is 0. The molecular formula is C45H84O15. The van der Waals surface area contributed by atoms with Crippen molar-refractivity contribution in [3.63, 3.8) is 0 Å². The van der Waals surface area contributed by atoms with Gasteiger partial charge < -0.3 is 64.2 Å². The highest BCUT2D eigenvalue weighted by atomic mass is 16.7. The van der Waals surface area contributed by atoms with Crippen LogP contribution in [0.25, 0.3) is 0 Å². The lowest BCUT2D eigenvalue weighted by Crippen LogP contribution is -2.65. The highest BCUT2D eigenvalue weighted by Crippen LogP contribution is 2.30. The van der Waals surface area contributed by atoms with Gasteiger partial charge in [-0.2, -0.15) is 0 Å². The third-order valence-electron chi connectivity index (χ3n) is 11.6. The molecule has 15 nitrogen and oxygen atoms in total. The molecule has 0 aromatic rings. The van der Waals surface area contributed by atoms with E-state index in [1.165, 1.54) is 103 Å². The van der Waals surface area contributed by atoms with Crippen molar-refractivity contribution < 1.29 is 73.8 Å². The van der Waals surface area contributed by atoms with Crippen molar-refractivity contribution >= 4 is 11.9 Å². The molecule has 0 amide bonds. The summed E-state index contributed by atoms with van der Waals surface area (Å²) in [5.74, 6) is -0.908. The Kier molecular flexibility index (Phi) is 30.9. The number of aliphatic hydroxyl groups excluding tert-OH is 7. The molecule has 7 N–H and O–H groups in total. The second-order valence-corrected chi connectivity index (χ2v) is 16.9. The monoisotopic (exact) mass is 865 g/mol. The van der Waals surface area contributed by atoms with Gasteiger partial charge in [-0.05, 0) is 12.8 Å². The molecule has 2 rings (SSSR count). The van der Waals surface area contributed by atoms with Gasteiger partial charge in [0.25, 0.3) is 0 Å². The van der Waals surface area contributed by atoms with Gasteiger partial charge in [0.15, 0.2) is 12.6 Å². The van der Waals surface area contributed by atoms with Crippen molar-refractivity contribution in [1.82, 2.24) is 0 Å². The Bertz CT molecular complexity index is 1020. The van der Waals surface area contributed by atoms with E-state index in [9.17, 15) is 45.3 Å². The standard InChI is InChI=1S/C45H84O15/c1-3-5-7-9-11-13-15-17-19-21-23-25-27-36(48)55-31-33(32-56-37(49)28-26-24-22-20-18-16-14-12-10-8-6-4-2)57-44-42(54)40(52)43(35(30-47)59-44)60-45-41(53)39(51)38(50)34(29-46)58-45/h33-35,38-47,50-54H,3-32H2,1-2H3. The summed E-state index contributed by atoms with van der Waals surface area (Å²) < 4.78 is 33.7. The molecule has 2 aliphatic rings. The summed E-state index contributed by atoms with van der Waals surface area (Å²) in [6.07, 6.45) is 10.9. The van der Waals surface area contributed by atoms with Crippen LogP contribution >= 0.6 is 0 Å². The van der Waals surface area contributed by atoms with E-state index in [1.807, 2.05) is 0 Å². The lowest BCUT2D eigenvalue weighted by molar-refractivity contribution is -0.363. The minimum Gasteiger partial charge on any atom is -0.463 e. The SMILES string of the molecule is CCCCCCCCCCCCCCC(=O)OCC(COC(=O)CCCCCCCCCCCCCC)OC1OC(CO)C(OC2OC(CO)C(O)C(O)C2O)C(O)C1O. The van der Waals surface area contributed by atoms with Gasteiger partial charge in [-0.1, -0.05) is 155 Å². The fourth-order valence-corrected chi connectivity index (χ4v) is 7.72. The Labute approximate surface area is 359 Å². The molecule has 0 aliphatic carbocycles. The van der Waals surface area contributed by atoms with E-state index in [4.69, 9.17) is 28.4 Å². The van der Waals surface area contributed by atoms with Crippen molar-refractivity contribution in [3.8, 4) is 0 Å². The van der Waals surface area contributed by atoms with E-state index in [0.717, 1.165) is 38.5 Å². The molecule has 0 aromatic carbocycles. The number of unbranched alkanes of at least 4 members (excludes halogenated alkanes) is 22. The molecule has 0 radical (unpaired) electrons. The van der Waals surface area contributed by atoms with Gasteiger partial charge in [-0.25, -0.2) is 0 Å². The predicted molar refractivity (Wildman–Crippen MR) is 225 cm³/mol. The average Bonchev–Trinajstić information content (AvgIpc) is 3.24. The lowest BCUT2D eigenvalue weighted by atomic mass is 9.97. The van der Waals surface area contributed by atoms with Crippen molar-refractivity contribution in [2.75, 3.05) is 26.4 Å². The summed E-state index contributed by atoms with van der Waals surface area (Å²) in [6.45, 7) is 2.31. The first kappa shape index (κ1) is 54.6. The van der Waals surface area contributed by atoms with Crippen LogP contribution in [0.15, 0.2) is 0 Å². The Morgan fingerprint density at radius 2 is 0.833 bits per heavy atom. The summed E-state index contributed by atoms with van der Waals surface area (Å²) in [6, 6.07) is 0. The van der Waals surface area contributed by atoms with Crippen molar-refractivity contribution in [1.29, 1.82) is 0 Å². The maximum Gasteiger partial charge on any atom is 0.305 e.